The van der Waals surface area contributed by atoms with E-state index < -0.39 is 0 Å². The number of nitrogens with one attached hydrogen (secondary N) is 1. The molecule has 1 aliphatic carbocycles. The van der Waals surface area contributed by atoms with Crippen molar-refractivity contribution in [2.75, 3.05) is 32.9 Å². The zero-order valence-corrected chi connectivity index (χ0v) is 10.2. The highest BCUT2D eigenvalue weighted by Gasteiger charge is 2.20. The van der Waals surface area contributed by atoms with E-state index in [1.807, 2.05) is 6.92 Å². The Labute approximate surface area is 97.7 Å². The van der Waals surface area contributed by atoms with Gasteiger partial charge in [0.25, 0.3) is 0 Å². The largest absolute Gasteiger partial charge is 0.466 e. The maximum absolute atomic E-state index is 11.0. The normalized spacial score (nSPS) is 15.1. The molecule has 1 aliphatic rings. The lowest BCUT2D eigenvalue weighted by molar-refractivity contribution is -0.142. The first-order valence-corrected chi connectivity index (χ1v) is 6.27. The lowest BCUT2D eigenvalue weighted by atomic mass is 10.4. The summed E-state index contributed by atoms with van der Waals surface area (Å²) < 4.78 is 10.3. The molecule has 0 aromatic heterocycles. The van der Waals surface area contributed by atoms with E-state index in [1.54, 1.807) is 0 Å². The van der Waals surface area contributed by atoms with Gasteiger partial charge < -0.3 is 14.8 Å². The Morgan fingerprint density at radius 2 is 2.19 bits per heavy atom. The number of hydrogen-bond donors (Lipinski definition) is 1. The van der Waals surface area contributed by atoms with Crippen molar-refractivity contribution in [3.63, 3.8) is 0 Å². The van der Waals surface area contributed by atoms with Gasteiger partial charge in [-0.1, -0.05) is 0 Å². The van der Waals surface area contributed by atoms with Gasteiger partial charge in [0.1, 0.15) is 0 Å². The summed E-state index contributed by atoms with van der Waals surface area (Å²) in [6.07, 6.45) is 4.15. The van der Waals surface area contributed by atoms with E-state index in [0.717, 1.165) is 32.1 Å². The Kier molecular flexibility index (Phi) is 7.17. The minimum atomic E-state index is -0.125. The third-order valence-corrected chi connectivity index (χ3v) is 2.50. The number of rotatable bonds is 10. The molecular formula is C12H23NO3. The van der Waals surface area contributed by atoms with Gasteiger partial charge in [-0.15, -0.1) is 0 Å². The highest BCUT2D eigenvalue weighted by atomic mass is 16.5. The molecule has 1 N–H and O–H groups in total. The molecule has 4 nitrogen and oxygen atoms in total. The van der Waals surface area contributed by atoms with Crippen LogP contribution < -0.4 is 5.32 Å². The predicted molar refractivity (Wildman–Crippen MR) is 62.3 cm³/mol. The summed E-state index contributed by atoms with van der Waals surface area (Å²) in [5.41, 5.74) is 0. The molecule has 0 saturated heterocycles. The van der Waals surface area contributed by atoms with E-state index >= 15 is 0 Å². The summed E-state index contributed by atoms with van der Waals surface area (Å²) in [4.78, 5) is 11.0. The molecule has 0 spiro atoms. The third kappa shape index (κ3) is 7.65. The molecule has 1 saturated carbocycles. The Morgan fingerprint density at radius 3 is 2.88 bits per heavy atom. The number of carbonyl (C=O) groups is 1. The third-order valence-electron chi connectivity index (χ3n) is 2.50. The van der Waals surface area contributed by atoms with Crippen molar-refractivity contribution >= 4 is 5.97 Å². The molecule has 0 aliphatic heterocycles. The number of esters is 1. The molecule has 0 unspecified atom stereocenters. The summed E-state index contributed by atoms with van der Waals surface area (Å²) in [6.45, 7) is 5.65. The van der Waals surface area contributed by atoms with Gasteiger partial charge in [-0.25, -0.2) is 0 Å². The van der Waals surface area contributed by atoms with E-state index in [2.05, 4.69) is 5.32 Å². The van der Waals surface area contributed by atoms with Crippen molar-refractivity contribution in [1.29, 1.82) is 0 Å². The van der Waals surface area contributed by atoms with Gasteiger partial charge in [-0.2, -0.15) is 0 Å². The van der Waals surface area contributed by atoms with Crippen LogP contribution in [0.25, 0.3) is 0 Å². The van der Waals surface area contributed by atoms with Crippen molar-refractivity contribution in [2.24, 2.45) is 5.92 Å². The lowest BCUT2D eigenvalue weighted by Crippen LogP contribution is -2.21. The van der Waals surface area contributed by atoms with Crippen LogP contribution in [0, 0.1) is 5.92 Å². The molecule has 16 heavy (non-hydrogen) atoms. The van der Waals surface area contributed by atoms with Crippen molar-refractivity contribution in [2.45, 2.75) is 32.6 Å². The van der Waals surface area contributed by atoms with Gasteiger partial charge in [0.05, 0.1) is 13.0 Å². The second-order valence-electron chi connectivity index (χ2n) is 4.18. The minimum Gasteiger partial charge on any atom is -0.466 e. The van der Waals surface area contributed by atoms with Crippen LogP contribution >= 0.6 is 0 Å². The lowest BCUT2D eigenvalue weighted by Gasteiger charge is -2.05. The van der Waals surface area contributed by atoms with E-state index in [9.17, 15) is 4.79 Å². The van der Waals surface area contributed by atoms with Gasteiger partial charge >= 0.3 is 5.97 Å². The smallest absolute Gasteiger partial charge is 0.307 e. The van der Waals surface area contributed by atoms with Gasteiger partial charge in [-0.05, 0) is 38.6 Å². The maximum Gasteiger partial charge on any atom is 0.307 e. The fraction of sp³-hybridized carbons (Fsp3) is 0.917. The maximum atomic E-state index is 11.0. The van der Waals surface area contributed by atoms with E-state index in [4.69, 9.17) is 9.47 Å². The van der Waals surface area contributed by atoms with Crippen LogP contribution in [0.3, 0.4) is 0 Å². The molecule has 0 radical (unpaired) electrons. The Balaban J connectivity index is 1.71. The van der Waals surface area contributed by atoms with Gasteiger partial charge in [-0.3, -0.25) is 4.79 Å². The second kappa shape index (κ2) is 8.53. The Hall–Kier alpha value is -0.610. The van der Waals surface area contributed by atoms with Crippen molar-refractivity contribution < 1.29 is 14.3 Å². The van der Waals surface area contributed by atoms with E-state index in [1.165, 1.54) is 12.8 Å². The van der Waals surface area contributed by atoms with Crippen LogP contribution in [0.15, 0.2) is 0 Å². The Bertz CT molecular complexity index is 193. The number of carbonyl (C=O) groups excluding carboxylic acids is 1. The van der Waals surface area contributed by atoms with Crippen LogP contribution in [0.1, 0.15) is 32.6 Å². The highest BCUT2D eigenvalue weighted by molar-refractivity contribution is 5.69. The van der Waals surface area contributed by atoms with Crippen molar-refractivity contribution in [1.82, 2.24) is 5.32 Å². The minimum absolute atomic E-state index is 0.125. The second-order valence-corrected chi connectivity index (χ2v) is 4.18. The molecule has 94 valence electrons. The highest BCUT2D eigenvalue weighted by Crippen LogP contribution is 2.28. The molecule has 1 fully saturated rings. The zero-order chi connectivity index (χ0) is 11.6. The van der Waals surface area contributed by atoms with Gasteiger partial charge in [0.2, 0.25) is 0 Å². The van der Waals surface area contributed by atoms with Crippen LogP contribution in [0.2, 0.25) is 0 Å². The van der Waals surface area contributed by atoms with E-state index in [0.29, 0.717) is 19.6 Å². The predicted octanol–water partition coefficient (Wildman–Crippen LogP) is 1.35. The fourth-order valence-corrected chi connectivity index (χ4v) is 1.38. The van der Waals surface area contributed by atoms with Crippen LogP contribution in [0.5, 0.6) is 0 Å². The standard InChI is InChI=1S/C12H23NO3/c1-2-16-12(14)6-8-13-7-3-9-15-10-11-4-5-11/h11,13H,2-10H2,1H3. The van der Waals surface area contributed by atoms with Crippen LogP contribution in [-0.4, -0.2) is 38.9 Å². The average molecular weight is 229 g/mol. The average Bonchev–Trinajstić information content (AvgIpc) is 3.06. The van der Waals surface area contributed by atoms with Crippen LogP contribution in [-0.2, 0) is 14.3 Å². The number of ether oxygens (including phenoxy) is 2. The molecule has 0 aromatic rings. The summed E-state index contributed by atoms with van der Waals surface area (Å²) in [5, 5.41) is 3.20. The summed E-state index contributed by atoms with van der Waals surface area (Å²) >= 11 is 0. The first-order chi connectivity index (χ1) is 7.83. The molecular weight excluding hydrogens is 206 g/mol. The summed E-state index contributed by atoms with van der Waals surface area (Å²) in [7, 11) is 0. The molecule has 0 atom stereocenters. The molecule has 4 heteroatoms. The first kappa shape index (κ1) is 13.5. The van der Waals surface area contributed by atoms with Gasteiger partial charge in [0, 0.05) is 19.8 Å². The summed E-state index contributed by atoms with van der Waals surface area (Å²) in [6, 6.07) is 0. The fourth-order valence-electron chi connectivity index (χ4n) is 1.38. The molecule has 0 bridgehead atoms. The SMILES string of the molecule is CCOC(=O)CCNCCCOCC1CC1. The molecule has 0 heterocycles. The topological polar surface area (TPSA) is 47.6 Å². The Morgan fingerprint density at radius 1 is 1.38 bits per heavy atom. The van der Waals surface area contributed by atoms with Crippen molar-refractivity contribution in [3.8, 4) is 0 Å². The molecule has 0 amide bonds. The molecule has 1 rings (SSSR count). The van der Waals surface area contributed by atoms with Crippen molar-refractivity contribution in [3.05, 3.63) is 0 Å². The first-order valence-electron chi connectivity index (χ1n) is 6.27. The van der Waals surface area contributed by atoms with Crippen LogP contribution in [0.4, 0.5) is 0 Å². The monoisotopic (exact) mass is 229 g/mol. The molecule has 0 aromatic carbocycles. The van der Waals surface area contributed by atoms with E-state index in [-0.39, 0.29) is 5.97 Å². The zero-order valence-electron chi connectivity index (χ0n) is 10.2. The quantitative estimate of drug-likeness (QED) is 0.454. The number of hydrogen-bond acceptors (Lipinski definition) is 4. The van der Waals surface area contributed by atoms with Gasteiger partial charge in [0.15, 0.2) is 0 Å². The summed E-state index contributed by atoms with van der Waals surface area (Å²) in [5.74, 6) is 0.719.